The second-order valence-electron chi connectivity index (χ2n) is 4.86. The number of hydrogen-bond acceptors (Lipinski definition) is 4. The van der Waals surface area contributed by atoms with Gasteiger partial charge in [0.15, 0.2) is 0 Å². The van der Waals surface area contributed by atoms with Crippen LogP contribution in [0, 0.1) is 12.8 Å². The second-order valence-corrected chi connectivity index (χ2v) is 4.86. The van der Waals surface area contributed by atoms with Crippen molar-refractivity contribution in [1.82, 2.24) is 14.9 Å². The summed E-state index contributed by atoms with van der Waals surface area (Å²) >= 11 is 0. The van der Waals surface area contributed by atoms with Crippen LogP contribution >= 0.6 is 0 Å². The minimum absolute atomic E-state index is 0.566. The van der Waals surface area contributed by atoms with Crippen LogP contribution < -0.4 is 5.73 Å². The van der Waals surface area contributed by atoms with Crippen molar-refractivity contribution in [2.75, 3.05) is 18.8 Å². The van der Waals surface area contributed by atoms with Gasteiger partial charge >= 0.3 is 0 Å². The second kappa shape index (κ2) is 7.31. The summed E-state index contributed by atoms with van der Waals surface area (Å²) in [4.78, 5) is 11.1. The molecule has 0 fully saturated rings. The summed E-state index contributed by atoms with van der Waals surface area (Å²) in [7, 11) is 0. The third-order valence-corrected chi connectivity index (χ3v) is 3.40. The normalized spacial score (nSPS) is 11.4. The molecule has 4 heteroatoms. The minimum atomic E-state index is 0.566. The monoisotopic (exact) mass is 250 g/mol. The van der Waals surface area contributed by atoms with E-state index in [4.69, 9.17) is 5.73 Å². The first kappa shape index (κ1) is 14.9. The molecule has 0 bridgehead atoms. The van der Waals surface area contributed by atoms with Crippen LogP contribution in [-0.4, -0.2) is 28.0 Å². The molecule has 0 atom stereocenters. The van der Waals surface area contributed by atoms with Gasteiger partial charge in [-0.25, -0.2) is 9.97 Å². The lowest BCUT2D eigenvalue weighted by Crippen LogP contribution is -2.29. The summed E-state index contributed by atoms with van der Waals surface area (Å²) in [5.74, 6) is 2.16. The topological polar surface area (TPSA) is 55.0 Å². The van der Waals surface area contributed by atoms with Crippen molar-refractivity contribution in [3.63, 3.8) is 0 Å². The number of aryl methyl sites for hydroxylation is 1. The molecule has 0 amide bonds. The number of anilines is 1. The van der Waals surface area contributed by atoms with E-state index in [-0.39, 0.29) is 0 Å². The van der Waals surface area contributed by atoms with Gasteiger partial charge in [0.25, 0.3) is 0 Å². The highest BCUT2D eigenvalue weighted by molar-refractivity contribution is 5.29. The van der Waals surface area contributed by atoms with Crippen molar-refractivity contribution in [1.29, 1.82) is 0 Å². The van der Waals surface area contributed by atoms with Gasteiger partial charge in [-0.1, -0.05) is 33.6 Å². The predicted octanol–water partition coefficient (Wildman–Crippen LogP) is 2.63. The van der Waals surface area contributed by atoms with Crippen LogP contribution in [0.1, 0.15) is 45.1 Å². The molecule has 18 heavy (non-hydrogen) atoms. The van der Waals surface area contributed by atoms with E-state index >= 15 is 0 Å². The average Bonchev–Trinajstić information content (AvgIpc) is 2.33. The zero-order valence-electron chi connectivity index (χ0n) is 12.1. The lowest BCUT2D eigenvalue weighted by atomic mass is 10.0. The smallest absolute Gasteiger partial charge is 0.144 e. The van der Waals surface area contributed by atoms with Gasteiger partial charge in [0.2, 0.25) is 0 Å². The average molecular weight is 250 g/mol. The van der Waals surface area contributed by atoms with Crippen molar-refractivity contribution in [2.24, 2.45) is 5.92 Å². The van der Waals surface area contributed by atoms with E-state index in [0.29, 0.717) is 5.82 Å². The Morgan fingerprint density at radius 3 is 2.39 bits per heavy atom. The Bertz CT molecular complexity index is 341. The molecule has 0 unspecified atom stereocenters. The SMILES string of the molecule is CCC(CC)CN(CC)Cc1nc(C)cc(N)n1. The molecular weight excluding hydrogens is 224 g/mol. The van der Waals surface area contributed by atoms with Gasteiger partial charge in [0.05, 0.1) is 6.54 Å². The van der Waals surface area contributed by atoms with E-state index in [1.165, 1.54) is 12.8 Å². The maximum atomic E-state index is 5.76. The zero-order chi connectivity index (χ0) is 13.5. The van der Waals surface area contributed by atoms with Gasteiger partial charge in [-0.3, -0.25) is 4.90 Å². The van der Waals surface area contributed by atoms with Crippen molar-refractivity contribution in [2.45, 2.75) is 47.1 Å². The number of aromatic nitrogens is 2. The van der Waals surface area contributed by atoms with Crippen LogP contribution in [0.4, 0.5) is 5.82 Å². The van der Waals surface area contributed by atoms with E-state index in [2.05, 4.69) is 35.6 Å². The largest absolute Gasteiger partial charge is 0.384 e. The van der Waals surface area contributed by atoms with Crippen LogP contribution in [0.25, 0.3) is 0 Å². The highest BCUT2D eigenvalue weighted by atomic mass is 15.1. The molecule has 0 aromatic carbocycles. The van der Waals surface area contributed by atoms with E-state index in [1.54, 1.807) is 6.07 Å². The summed E-state index contributed by atoms with van der Waals surface area (Å²) in [6, 6.07) is 1.81. The van der Waals surface area contributed by atoms with Gasteiger partial charge < -0.3 is 5.73 Å². The molecule has 0 aliphatic heterocycles. The van der Waals surface area contributed by atoms with Crippen molar-refractivity contribution in [3.05, 3.63) is 17.6 Å². The summed E-state index contributed by atoms with van der Waals surface area (Å²) in [5, 5.41) is 0. The Kier molecular flexibility index (Phi) is 6.05. The fraction of sp³-hybridized carbons (Fsp3) is 0.714. The number of nitrogens with zero attached hydrogens (tertiary/aromatic N) is 3. The molecule has 0 saturated heterocycles. The van der Waals surface area contributed by atoms with Crippen LogP contribution in [-0.2, 0) is 6.54 Å². The molecule has 0 saturated carbocycles. The maximum absolute atomic E-state index is 5.76. The third kappa shape index (κ3) is 4.61. The molecule has 102 valence electrons. The first-order valence-corrected chi connectivity index (χ1v) is 6.91. The molecule has 0 radical (unpaired) electrons. The summed E-state index contributed by atoms with van der Waals surface area (Å²) < 4.78 is 0. The number of hydrogen-bond donors (Lipinski definition) is 1. The lowest BCUT2D eigenvalue weighted by molar-refractivity contribution is 0.221. The molecule has 0 spiro atoms. The molecule has 1 aromatic rings. The van der Waals surface area contributed by atoms with Crippen LogP contribution in [0.3, 0.4) is 0 Å². The van der Waals surface area contributed by atoms with Crippen molar-refractivity contribution in [3.8, 4) is 0 Å². The summed E-state index contributed by atoms with van der Waals surface area (Å²) in [6.07, 6.45) is 2.45. The van der Waals surface area contributed by atoms with Crippen molar-refractivity contribution < 1.29 is 0 Å². The third-order valence-electron chi connectivity index (χ3n) is 3.40. The quantitative estimate of drug-likeness (QED) is 0.808. The number of nitrogen functional groups attached to an aromatic ring is 1. The number of nitrogens with two attached hydrogens (primary N) is 1. The van der Waals surface area contributed by atoms with E-state index in [1.807, 2.05) is 6.92 Å². The Labute approximate surface area is 111 Å². The van der Waals surface area contributed by atoms with Crippen molar-refractivity contribution >= 4 is 5.82 Å². The maximum Gasteiger partial charge on any atom is 0.144 e. The standard InChI is InChI=1S/C14H26N4/c1-5-12(6-2)9-18(7-3)10-14-16-11(4)8-13(15)17-14/h8,12H,5-7,9-10H2,1-4H3,(H2,15,16,17). The van der Waals surface area contributed by atoms with Gasteiger partial charge in [0.1, 0.15) is 11.6 Å². The summed E-state index contributed by atoms with van der Waals surface area (Å²) in [5.41, 5.74) is 6.70. The van der Waals surface area contributed by atoms with Crippen LogP contribution in [0.2, 0.25) is 0 Å². The Morgan fingerprint density at radius 2 is 1.89 bits per heavy atom. The zero-order valence-corrected chi connectivity index (χ0v) is 12.1. The van der Waals surface area contributed by atoms with Gasteiger partial charge in [-0.15, -0.1) is 0 Å². The Morgan fingerprint density at radius 1 is 1.22 bits per heavy atom. The molecule has 2 N–H and O–H groups in total. The first-order valence-electron chi connectivity index (χ1n) is 6.91. The predicted molar refractivity (Wildman–Crippen MR) is 76.2 cm³/mol. The van der Waals surface area contributed by atoms with Gasteiger partial charge in [-0.05, 0) is 19.4 Å². The first-order chi connectivity index (χ1) is 8.58. The van der Waals surface area contributed by atoms with Crippen LogP contribution in [0.5, 0.6) is 0 Å². The molecule has 1 heterocycles. The minimum Gasteiger partial charge on any atom is -0.384 e. The molecule has 1 rings (SSSR count). The highest BCUT2D eigenvalue weighted by Crippen LogP contribution is 2.12. The van der Waals surface area contributed by atoms with E-state index < -0.39 is 0 Å². The molecular formula is C14H26N4. The van der Waals surface area contributed by atoms with Gasteiger partial charge in [0, 0.05) is 18.3 Å². The molecule has 0 aliphatic rings. The number of rotatable bonds is 7. The Balaban J connectivity index is 2.67. The fourth-order valence-corrected chi connectivity index (χ4v) is 2.14. The highest BCUT2D eigenvalue weighted by Gasteiger charge is 2.12. The fourth-order valence-electron chi connectivity index (χ4n) is 2.14. The molecule has 0 aliphatic carbocycles. The van der Waals surface area contributed by atoms with E-state index in [0.717, 1.165) is 37.1 Å². The molecule has 4 nitrogen and oxygen atoms in total. The lowest BCUT2D eigenvalue weighted by Gasteiger charge is -2.24. The van der Waals surface area contributed by atoms with E-state index in [9.17, 15) is 0 Å². The summed E-state index contributed by atoms with van der Waals surface area (Å²) in [6.45, 7) is 11.6. The Hall–Kier alpha value is -1.16. The van der Waals surface area contributed by atoms with Crippen LogP contribution in [0.15, 0.2) is 6.07 Å². The molecule has 1 aromatic heterocycles. The van der Waals surface area contributed by atoms with Gasteiger partial charge in [-0.2, -0.15) is 0 Å².